The van der Waals surface area contributed by atoms with Crippen LogP contribution in [0.15, 0.2) is 77.7 Å². The van der Waals surface area contributed by atoms with Crippen molar-refractivity contribution in [2.24, 2.45) is 5.73 Å². The second-order valence-corrected chi connectivity index (χ2v) is 8.48. The Bertz CT molecular complexity index is 1640. The number of fused-ring (bicyclic) bond motifs is 2. The Morgan fingerprint density at radius 1 is 0.941 bits per heavy atom. The molecule has 2 heterocycles. The Balaban J connectivity index is 1.58. The maximum absolute atomic E-state index is 13.6. The van der Waals surface area contributed by atoms with E-state index in [0.29, 0.717) is 23.9 Å². The summed E-state index contributed by atoms with van der Waals surface area (Å²) in [6.45, 7) is 4.25. The summed E-state index contributed by atoms with van der Waals surface area (Å²) < 4.78 is 1.49. The number of carbonyl (C=O) groups excluding carboxylic acids is 1. The number of hydrogen-bond donors (Lipinski definition) is 1. The van der Waals surface area contributed by atoms with Gasteiger partial charge in [-0.05, 0) is 54.3 Å². The average molecular weight is 449 g/mol. The van der Waals surface area contributed by atoms with Crippen LogP contribution in [-0.2, 0) is 13.0 Å². The van der Waals surface area contributed by atoms with Crippen molar-refractivity contribution in [2.45, 2.75) is 26.8 Å². The van der Waals surface area contributed by atoms with Crippen LogP contribution in [0.2, 0.25) is 0 Å². The highest BCUT2D eigenvalue weighted by molar-refractivity contribution is 6.01. The number of primary amides is 1. The zero-order valence-corrected chi connectivity index (χ0v) is 19.1. The molecule has 0 saturated carbocycles. The van der Waals surface area contributed by atoms with Crippen LogP contribution in [0, 0.1) is 13.8 Å². The number of pyridine rings is 1. The maximum atomic E-state index is 13.6. The predicted octanol–water partition coefficient (Wildman–Crippen LogP) is 4.57. The molecule has 3 aromatic carbocycles. The molecule has 0 bridgehead atoms. The van der Waals surface area contributed by atoms with Gasteiger partial charge in [-0.2, -0.15) is 5.10 Å². The van der Waals surface area contributed by atoms with E-state index in [4.69, 9.17) is 10.7 Å². The van der Waals surface area contributed by atoms with Gasteiger partial charge in [0.15, 0.2) is 0 Å². The SMILES string of the molecule is Cc1ccc(C(N)=O)c(C)c1-c1cccc2cnn(CCc3ccc4ccccc4n3)c(=O)c12. The summed E-state index contributed by atoms with van der Waals surface area (Å²) in [6, 6.07) is 21.3. The normalized spacial score (nSPS) is 11.2. The van der Waals surface area contributed by atoms with Crippen molar-refractivity contribution in [2.75, 3.05) is 0 Å². The van der Waals surface area contributed by atoms with Crippen LogP contribution in [0.4, 0.5) is 0 Å². The zero-order chi connectivity index (χ0) is 23.8. The molecule has 5 rings (SSSR count). The number of aryl methyl sites for hydroxylation is 3. The van der Waals surface area contributed by atoms with Crippen molar-refractivity contribution in [3.05, 3.63) is 106 Å². The summed E-state index contributed by atoms with van der Waals surface area (Å²) in [5.41, 5.74) is 11.1. The third-order valence-corrected chi connectivity index (χ3v) is 6.33. The van der Waals surface area contributed by atoms with Crippen molar-refractivity contribution in [1.29, 1.82) is 0 Å². The number of para-hydroxylation sites is 1. The second kappa shape index (κ2) is 8.56. The molecule has 0 atom stereocenters. The molecule has 0 aliphatic heterocycles. The van der Waals surface area contributed by atoms with Crippen molar-refractivity contribution < 1.29 is 4.79 Å². The van der Waals surface area contributed by atoms with E-state index >= 15 is 0 Å². The predicted molar refractivity (Wildman–Crippen MR) is 135 cm³/mol. The summed E-state index contributed by atoms with van der Waals surface area (Å²) in [4.78, 5) is 30.2. The molecule has 1 amide bonds. The van der Waals surface area contributed by atoms with Gasteiger partial charge in [0.1, 0.15) is 0 Å². The van der Waals surface area contributed by atoms with E-state index in [9.17, 15) is 9.59 Å². The number of aromatic nitrogens is 3. The van der Waals surface area contributed by atoms with E-state index in [0.717, 1.165) is 44.2 Å². The molecule has 5 aromatic rings. The molecular formula is C28H24N4O2. The van der Waals surface area contributed by atoms with Crippen LogP contribution in [0.1, 0.15) is 27.2 Å². The lowest BCUT2D eigenvalue weighted by Gasteiger charge is -2.15. The fraction of sp³-hybridized carbons (Fsp3) is 0.143. The molecule has 6 heteroatoms. The van der Waals surface area contributed by atoms with E-state index in [1.807, 2.05) is 74.5 Å². The minimum atomic E-state index is -0.485. The number of nitrogens with zero attached hydrogens (tertiary/aromatic N) is 3. The second-order valence-electron chi connectivity index (χ2n) is 8.48. The fourth-order valence-corrected chi connectivity index (χ4v) is 4.59. The Hall–Kier alpha value is -4.32. The van der Waals surface area contributed by atoms with Crippen LogP contribution in [-0.4, -0.2) is 20.7 Å². The zero-order valence-electron chi connectivity index (χ0n) is 19.1. The molecule has 0 radical (unpaired) electrons. The average Bonchev–Trinajstić information content (AvgIpc) is 2.83. The highest BCUT2D eigenvalue weighted by Crippen LogP contribution is 2.33. The van der Waals surface area contributed by atoms with Gasteiger partial charge in [0, 0.05) is 28.5 Å². The van der Waals surface area contributed by atoms with Gasteiger partial charge in [-0.1, -0.05) is 48.5 Å². The van der Waals surface area contributed by atoms with Gasteiger partial charge < -0.3 is 5.73 Å². The summed E-state index contributed by atoms with van der Waals surface area (Å²) in [6.07, 6.45) is 2.30. The number of hydrogen-bond acceptors (Lipinski definition) is 4. The maximum Gasteiger partial charge on any atom is 0.275 e. The molecule has 0 saturated heterocycles. The largest absolute Gasteiger partial charge is 0.366 e. The Kier molecular flexibility index (Phi) is 5.42. The Morgan fingerprint density at radius 2 is 1.74 bits per heavy atom. The molecule has 2 aromatic heterocycles. The quantitative estimate of drug-likeness (QED) is 0.426. The topological polar surface area (TPSA) is 90.9 Å². The third kappa shape index (κ3) is 3.73. The van der Waals surface area contributed by atoms with Crippen molar-refractivity contribution in [3.8, 4) is 11.1 Å². The Morgan fingerprint density at radius 3 is 2.56 bits per heavy atom. The molecule has 0 fully saturated rings. The number of rotatable bonds is 5. The standard InChI is InChI=1S/C28H24N4O2/c1-17-10-13-22(27(29)33)18(2)25(17)23-8-5-7-20-16-30-32(28(34)26(20)23)15-14-21-12-11-19-6-3-4-9-24(19)31-21/h3-13,16H,14-15H2,1-2H3,(H2,29,33). The minimum absolute atomic E-state index is 0.169. The van der Waals surface area contributed by atoms with Crippen molar-refractivity contribution >= 4 is 27.6 Å². The van der Waals surface area contributed by atoms with Crippen LogP contribution in [0.25, 0.3) is 32.8 Å². The first-order chi connectivity index (χ1) is 16.4. The molecule has 34 heavy (non-hydrogen) atoms. The smallest absolute Gasteiger partial charge is 0.275 e. The molecule has 6 nitrogen and oxygen atoms in total. The van der Waals surface area contributed by atoms with Gasteiger partial charge in [-0.3, -0.25) is 14.6 Å². The fourth-order valence-electron chi connectivity index (χ4n) is 4.59. The monoisotopic (exact) mass is 448 g/mol. The minimum Gasteiger partial charge on any atom is -0.366 e. The third-order valence-electron chi connectivity index (χ3n) is 6.33. The van der Waals surface area contributed by atoms with Crippen LogP contribution < -0.4 is 11.3 Å². The number of amides is 1. The van der Waals surface area contributed by atoms with Crippen molar-refractivity contribution in [3.63, 3.8) is 0 Å². The molecule has 168 valence electrons. The van der Waals surface area contributed by atoms with Gasteiger partial charge in [-0.25, -0.2) is 4.68 Å². The first-order valence-electron chi connectivity index (χ1n) is 11.2. The summed E-state index contributed by atoms with van der Waals surface area (Å²) in [5, 5.41) is 6.83. The van der Waals surface area contributed by atoms with Crippen molar-refractivity contribution in [1.82, 2.24) is 14.8 Å². The lowest BCUT2D eigenvalue weighted by molar-refractivity contribution is 0.0999. The van der Waals surface area contributed by atoms with E-state index in [1.54, 1.807) is 12.3 Å². The first kappa shape index (κ1) is 21.5. The number of benzene rings is 3. The van der Waals surface area contributed by atoms with Gasteiger partial charge in [-0.15, -0.1) is 0 Å². The summed E-state index contributed by atoms with van der Waals surface area (Å²) in [7, 11) is 0. The van der Waals surface area contributed by atoms with Crippen LogP contribution >= 0.6 is 0 Å². The summed E-state index contributed by atoms with van der Waals surface area (Å²) >= 11 is 0. The molecule has 2 N–H and O–H groups in total. The molecule has 0 aliphatic carbocycles. The van der Waals surface area contributed by atoms with Gasteiger partial charge in [0.05, 0.1) is 23.6 Å². The lowest BCUT2D eigenvalue weighted by atomic mass is 9.90. The summed E-state index contributed by atoms with van der Waals surface area (Å²) in [5.74, 6) is -0.485. The number of carbonyl (C=O) groups is 1. The molecular weight excluding hydrogens is 424 g/mol. The van der Waals surface area contributed by atoms with Crippen LogP contribution in [0.5, 0.6) is 0 Å². The Labute approximate surface area is 196 Å². The van der Waals surface area contributed by atoms with Gasteiger partial charge in [0.2, 0.25) is 5.91 Å². The van der Waals surface area contributed by atoms with Gasteiger partial charge >= 0.3 is 0 Å². The molecule has 0 unspecified atom stereocenters. The highest BCUT2D eigenvalue weighted by atomic mass is 16.1. The first-order valence-corrected chi connectivity index (χ1v) is 11.2. The lowest BCUT2D eigenvalue weighted by Crippen LogP contribution is -2.24. The van der Waals surface area contributed by atoms with E-state index < -0.39 is 5.91 Å². The highest BCUT2D eigenvalue weighted by Gasteiger charge is 2.17. The van der Waals surface area contributed by atoms with E-state index in [1.165, 1.54) is 4.68 Å². The number of nitrogens with two attached hydrogens (primary N) is 1. The van der Waals surface area contributed by atoms with E-state index in [-0.39, 0.29) is 5.56 Å². The van der Waals surface area contributed by atoms with Gasteiger partial charge in [0.25, 0.3) is 5.56 Å². The molecule has 0 aliphatic rings. The molecule has 0 spiro atoms. The van der Waals surface area contributed by atoms with E-state index in [2.05, 4.69) is 5.10 Å². The van der Waals surface area contributed by atoms with Crippen LogP contribution in [0.3, 0.4) is 0 Å².